The third-order valence-corrected chi connectivity index (χ3v) is 10.6. The third-order valence-electron chi connectivity index (χ3n) is 8.86. The maximum atomic E-state index is 14.2. The zero-order chi connectivity index (χ0) is 37.6. The number of aryl methyl sites for hydroxylation is 1. The van der Waals surface area contributed by atoms with Gasteiger partial charge in [-0.1, -0.05) is 66.2 Å². The van der Waals surface area contributed by atoms with Crippen molar-refractivity contribution in [2.45, 2.75) is 44.3 Å². The van der Waals surface area contributed by atoms with E-state index >= 15 is 0 Å². The van der Waals surface area contributed by atoms with Gasteiger partial charge in [-0.2, -0.15) is 0 Å². The lowest BCUT2D eigenvalue weighted by Gasteiger charge is -2.37. The molecule has 0 bridgehead atoms. The number of halogens is 1. The summed E-state index contributed by atoms with van der Waals surface area (Å²) in [4.78, 5) is 27.6. The van der Waals surface area contributed by atoms with Crippen LogP contribution in [-0.4, -0.2) is 49.2 Å². The molecule has 278 valence electrons. The van der Waals surface area contributed by atoms with Gasteiger partial charge in [0.15, 0.2) is 0 Å². The molecule has 1 fully saturated rings. The van der Waals surface area contributed by atoms with Gasteiger partial charge in [-0.05, 0) is 79.1 Å². The summed E-state index contributed by atoms with van der Waals surface area (Å²) >= 11 is 6.06. The van der Waals surface area contributed by atoms with Crippen LogP contribution in [0.4, 0.5) is 0 Å². The van der Waals surface area contributed by atoms with Crippen molar-refractivity contribution in [2.24, 2.45) is 0 Å². The summed E-state index contributed by atoms with van der Waals surface area (Å²) in [5.41, 5.74) is 0.257. The second-order valence-corrected chi connectivity index (χ2v) is 14.2. The van der Waals surface area contributed by atoms with Gasteiger partial charge < -0.3 is 23.5 Å². The molecule has 6 rings (SSSR count). The largest absolute Gasteiger partial charge is 0.530 e. The molecular weight excluding hydrogens is 723 g/mol. The highest BCUT2D eigenvalue weighted by Crippen LogP contribution is 2.53. The topological polar surface area (TPSA) is 137 Å². The van der Waals surface area contributed by atoms with Crippen molar-refractivity contribution in [1.29, 1.82) is 0 Å². The zero-order valence-corrected chi connectivity index (χ0v) is 31.3. The summed E-state index contributed by atoms with van der Waals surface area (Å²) in [5.74, 6) is 1.54. The van der Waals surface area contributed by atoms with Gasteiger partial charge >= 0.3 is 13.5 Å². The molecule has 1 saturated heterocycles. The first kappa shape index (κ1) is 38.1. The lowest BCUT2D eigenvalue weighted by molar-refractivity contribution is -0.0937. The number of aromatic amines is 1. The molecule has 2 heterocycles. The van der Waals surface area contributed by atoms with Crippen molar-refractivity contribution >= 4 is 19.4 Å². The molecular formula is C39H40ClN2O10P. The fourth-order valence-corrected chi connectivity index (χ4v) is 7.77. The molecule has 1 aliphatic rings. The first-order chi connectivity index (χ1) is 25.6. The Morgan fingerprint density at radius 1 is 0.849 bits per heavy atom. The van der Waals surface area contributed by atoms with Crippen molar-refractivity contribution < 1.29 is 37.1 Å². The van der Waals surface area contributed by atoms with E-state index < -0.39 is 43.1 Å². The molecule has 4 atom stereocenters. The van der Waals surface area contributed by atoms with E-state index in [0.717, 1.165) is 16.7 Å². The Morgan fingerprint density at radius 2 is 1.42 bits per heavy atom. The lowest BCUT2D eigenvalue weighted by Crippen LogP contribution is -2.38. The smallest absolute Gasteiger partial charge is 0.497 e. The van der Waals surface area contributed by atoms with Crippen LogP contribution < -0.4 is 25.2 Å². The molecule has 0 saturated carbocycles. The molecule has 0 aliphatic carbocycles. The number of phosphoric acid groups is 1. The number of nitrogens with zero attached hydrogens (tertiary/aromatic N) is 1. The SMILES string of the molecule is CCOP(=O)(Oc1ccc(Cl)cc1)O[C@H]1C[C@H](n2cc(C)c(=O)[nH]c2=O)O[C@@H]1COC(c1ccccc1)(c1ccc(OC)cc1)c1ccc(OC)cc1. The molecule has 1 unspecified atom stereocenters. The third kappa shape index (κ3) is 8.44. The minimum atomic E-state index is -4.30. The van der Waals surface area contributed by atoms with E-state index in [0.29, 0.717) is 22.1 Å². The summed E-state index contributed by atoms with van der Waals surface area (Å²) in [5, 5.41) is 0.464. The van der Waals surface area contributed by atoms with Gasteiger partial charge in [0.1, 0.15) is 41.3 Å². The van der Waals surface area contributed by atoms with Crippen LogP contribution in [0.1, 0.15) is 41.8 Å². The standard InChI is InChI=1S/C39H40ClN2O10P/c1-5-49-53(45,51-33-21-15-30(40)16-22-33)52-34-23-36(42-24-26(2)37(43)41-38(42)44)50-35(34)25-48-39(27-9-7-6-8-10-27,28-11-17-31(46-3)18-12-28)29-13-19-32(47-4)20-14-29/h6-22,24,34-36H,5,23,25H2,1-4H3,(H,41,43,44)/t34-,35+,36+,53?/m0/s1. The first-order valence-corrected chi connectivity index (χ1v) is 18.8. The summed E-state index contributed by atoms with van der Waals surface area (Å²) in [6.45, 7) is 3.13. The van der Waals surface area contributed by atoms with E-state index in [1.807, 2.05) is 78.9 Å². The van der Waals surface area contributed by atoms with Crippen LogP contribution in [0.25, 0.3) is 0 Å². The summed E-state index contributed by atoms with van der Waals surface area (Å²) in [6.07, 6.45) is -1.40. The number of hydrogen-bond acceptors (Lipinski definition) is 10. The van der Waals surface area contributed by atoms with Crippen molar-refractivity contribution in [3.8, 4) is 17.2 Å². The Hall–Kier alpha value is -4.68. The highest BCUT2D eigenvalue weighted by molar-refractivity contribution is 7.49. The predicted molar refractivity (Wildman–Crippen MR) is 199 cm³/mol. The second kappa shape index (κ2) is 16.6. The zero-order valence-electron chi connectivity index (χ0n) is 29.6. The molecule has 1 aromatic heterocycles. The highest BCUT2D eigenvalue weighted by Gasteiger charge is 2.46. The molecule has 0 amide bonds. The molecule has 5 aromatic rings. The number of ether oxygens (including phenoxy) is 4. The van der Waals surface area contributed by atoms with Crippen molar-refractivity contribution in [3.05, 3.63) is 157 Å². The maximum Gasteiger partial charge on any atom is 0.530 e. The molecule has 12 nitrogen and oxygen atoms in total. The molecule has 14 heteroatoms. The van der Waals surface area contributed by atoms with Crippen LogP contribution in [0.3, 0.4) is 0 Å². The van der Waals surface area contributed by atoms with Gasteiger partial charge in [0, 0.05) is 23.2 Å². The van der Waals surface area contributed by atoms with Crippen molar-refractivity contribution in [2.75, 3.05) is 27.4 Å². The Morgan fingerprint density at radius 3 is 1.98 bits per heavy atom. The minimum absolute atomic E-state index is 0.00761. The van der Waals surface area contributed by atoms with Crippen LogP contribution in [0.15, 0.2) is 119 Å². The van der Waals surface area contributed by atoms with Gasteiger partial charge in [-0.3, -0.25) is 23.4 Å². The number of H-pyrrole nitrogens is 1. The van der Waals surface area contributed by atoms with E-state index in [1.54, 1.807) is 52.3 Å². The van der Waals surface area contributed by atoms with Crippen LogP contribution in [0.5, 0.6) is 17.2 Å². The summed E-state index contributed by atoms with van der Waals surface area (Å²) in [7, 11) is -1.10. The first-order valence-electron chi connectivity index (χ1n) is 16.9. The molecule has 53 heavy (non-hydrogen) atoms. The van der Waals surface area contributed by atoms with Crippen LogP contribution in [0.2, 0.25) is 5.02 Å². The average molecular weight is 763 g/mol. The summed E-state index contributed by atoms with van der Waals surface area (Å²) in [6, 6.07) is 31.1. The normalized spacial score (nSPS) is 18.3. The summed E-state index contributed by atoms with van der Waals surface area (Å²) < 4.78 is 57.7. The molecule has 0 radical (unpaired) electrons. The lowest BCUT2D eigenvalue weighted by atomic mass is 9.80. The van der Waals surface area contributed by atoms with Crippen LogP contribution in [-0.2, 0) is 28.7 Å². The Kier molecular flexibility index (Phi) is 11.9. The number of rotatable bonds is 15. The fraction of sp³-hybridized carbons (Fsp3) is 0.282. The average Bonchev–Trinajstić information content (AvgIpc) is 3.56. The number of methoxy groups -OCH3 is 2. The van der Waals surface area contributed by atoms with Gasteiger partial charge in [0.25, 0.3) is 5.56 Å². The van der Waals surface area contributed by atoms with Crippen molar-refractivity contribution in [3.63, 3.8) is 0 Å². The number of benzene rings is 4. The van der Waals surface area contributed by atoms with Gasteiger partial charge in [-0.15, -0.1) is 0 Å². The van der Waals surface area contributed by atoms with E-state index in [-0.39, 0.29) is 25.4 Å². The van der Waals surface area contributed by atoms with Gasteiger partial charge in [-0.25, -0.2) is 9.36 Å². The Bertz CT molecular complexity index is 2090. The Balaban J connectivity index is 1.42. The predicted octanol–water partition coefficient (Wildman–Crippen LogP) is 7.42. The van der Waals surface area contributed by atoms with Crippen LogP contribution in [0, 0.1) is 6.92 Å². The fourth-order valence-electron chi connectivity index (χ4n) is 6.24. The van der Waals surface area contributed by atoms with Crippen LogP contribution >= 0.6 is 19.4 Å². The number of aromatic nitrogens is 2. The molecule has 1 N–H and O–H groups in total. The molecule has 1 aliphatic heterocycles. The van der Waals surface area contributed by atoms with E-state index in [1.165, 1.54) is 10.8 Å². The van der Waals surface area contributed by atoms with E-state index in [4.69, 9.17) is 44.1 Å². The van der Waals surface area contributed by atoms with Gasteiger partial charge in [0.2, 0.25) is 0 Å². The Labute approximate surface area is 311 Å². The van der Waals surface area contributed by atoms with Gasteiger partial charge in [0.05, 0.1) is 27.4 Å². The minimum Gasteiger partial charge on any atom is -0.497 e. The number of nitrogens with one attached hydrogen (secondary N) is 1. The molecule has 4 aromatic carbocycles. The van der Waals surface area contributed by atoms with Crippen molar-refractivity contribution in [1.82, 2.24) is 9.55 Å². The quantitative estimate of drug-likeness (QED) is 0.0848. The monoisotopic (exact) mass is 762 g/mol. The molecule has 0 spiro atoms. The second-order valence-electron chi connectivity index (χ2n) is 12.2. The number of phosphoric ester groups is 1. The van der Waals surface area contributed by atoms with E-state index in [9.17, 15) is 14.2 Å². The highest BCUT2D eigenvalue weighted by atomic mass is 35.5. The number of hydrogen-bond donors (Lipinski definition) is 1. The maximum absolute atomic E-state index is 14.2. The van der Waals surface area contributed by atoms with E-state index in [2.05, 4.69) is 4.98 Å².